The van der Waals surface area contributed by atoms with Crippen LogP contribution < -0.4 is 11.1 Å². The van der Waals surface area contributed by atoms with Crippen LogP contribution in [0.2, 0.25) is 0 Å². The van der Waals surface area contributed by atoms with Gasteiger partial charge in [0.15, 0.2) is 0 Å². The Hall–Kier alpha value is -1.07. The molecule has 1 aliphatic carbocycles. The Balaban J connectivity index is 0.00000180. The molecule has 4 N–H and O–H groups in total. The van der Waals surface area contributed by atoms with E-state index >= 15 is 0 Å². The smallest absolute Gasteiger partial charge is 0.271 e. The largest absolute Gasteiger partial charge is 0.349 e. The van der Waals surface area contributed by atoms with Crippen molar-refractivity contribution >= 4 is 18.3 Å². The van der Waals surface area contributed by atoms with E-state index in [0.29, 0.717) is 18.2 Å². The highest BCUT2D eigenvalue weighted by atomic mass is 35.5. The lowest BCUT2D eigenvalue weighted by molar-refractivity contribution is 0.0937. The van der Waals surface area contributed by atoms with Gasteiger partial charge in [0.05, 0.1) is 0 Å². The first-order chi connectivity index (χ1) is 8.58. The van der Waals surface area contributed by atoms with Gasteiger partial charge in [-0.3, -0.25) is 9.89 Å². The summed E-state index contributed by atoms with van der Waals surface area (Å²) in [5.41, 5.74) is 7.37. The molecule has 108 valence electrons. The van der Waals surface area contributed by atoms with Gasteiger partial charge in [0.1, 0.15) is 5.69 Å². The number of carbonyl (C=O) groups is 1. The van der Waals surface area contributed by atoms with Gasteiger partial charge in [0.25, 0.3) is 5.91 Å². The van der Waals surface area contributed by atoms with Crippen molar-refractivity contribution in [3.8, 4) is 0 Å². The highest BCUT2D eigenvalue weighted by Gasteiger charge is 2.27. The molecule has 1 amide bonds. The fourth-order valence-electron chi connectivity index (χ4n) is 1.90. The lowest BCUT2D eigenvalue weighted by atomic mass is 9.94. The summed E-state index contributed by atoms with van der Waals surface area (Å²) in [6.45, 7) is 4.56. The van der Waals surface area contributed by atoms with Crippen molar-refractivity contribution < 1.29 is 4.79 Å². The summed E-state index contributed by atoms with van der Waals surface area (Å²) in [4.78, 5) is 11.9. The summed E-state index contributed by atoms with van der Waals surface area (Å²) in [5, 5.41) is 9.85. The topological polar surface area (TPSA) is 83.8 Å². The molecule has 0 radical (unpaired) electrons. The monoisotopic (exact) mass is 286 g/mol. The maximum absolute atomic E-state index is 11.9. The molecule has 2 rings (SSSR count). The molecule has 0 bridgehead atoms. The first-order valence-electron chi connectivity index (χ1n) is 6.70. The SMILES string of the molecule is CCC(N)(CC)CNC(=O)c1cc(C2CC2)[nH]n1.Cl. The molecular formula is C13H23ClN4O. The number of hydrogen-bond donors (Lipinski definition) is 3. The molecule has 1 heterocycles. The average molecular weight is 287 g/mol. The molecule has 6 heteroatoms. The molecule has 1 fully saturated rings. The zero-order chi connectivity index (χ0) is 13.2. The standard InChI is InChI=1S/C13H22N4O.ClH/c1-3-13(14,4-2)8-15-12(18)11-7-10(16-17-11)9-5-6-9;/h7,9H,3-6,8,14H2,1-2H3,(H,15,18)(H,16,17);1H. The summed E-state index contributed by atoms with van der Waals surface area (Å²) < 4.78 is 0. The lowest BCUT2D eigenvalue weighted by Crippen LogP contribution is -2.49. The lowest BCUT2D eigenvalue weighted by Gasteiger charge is -2.26. The number of aromatic nitrogens is 2. The minimum absolute atomic E-state index is 0. The maximum atomic E-state index is 11.9. The van der Waals surface area contributed by atoms with Gasteiger partial charge in [-0.05, 0) is 31.7 Å². The average Bonchev–Trinajstić information content (AvgIpc) is 3.13. The fourth-order valence-corrected chi connectivity index (χ4v) is 1.90. The van der Waals surface area contributed by atoms with E-state index in [1.807, 2.05) is 19.9 Å². The van der Waals surface area contributed by atoms with Crippen molar-refractivity contribution in [3.05, 3.63) is 17.5 Å². The van der Waals surface area contributed by atoms with Gasteiger partial charge in [-0.25, -0.2) is 0 Å². The van der Waals surface area contributed by atoms with Gasteiger partial charge in [-0.2, -0.15) is 5.10 Å². The van der Waals surface area contributed by atoms with Crippen LogP contribution in [0.4, 0.5) is 0 Å². The van der Waals surface area contributed by atoms with Crippen LogP contribution in [-0.2, 0) is 0 Å². The summed E-state index contributed by atoms with van der Waals surface area (Å²) >= 11 is 0. The second-order valence-electron chi connectivity index (χ2n) is 5.23. The zero-order valence-corrected chi connectivity index (χ0v) is 12.3. The van der Waals surface area contributed by atoms with E-state index in [1.165, 1.54) is 12.8 Å². The van der Waals surface area contributed by atoms with Crippen molar-refractivity contribution in [1.29, 1.82) is 0 Å². The molecule has 0 saturated heterocycles. The van der Waals surface area contributed by atoms with Crippen LogP contribution in [0.25, 0.3) is 0 Å². The number of halogens is 1. The maximum Gasteiger partial charge on any atom is 0.271 e. The van der Waals surface area contributed by atoms with E-state index in [9.17, 15) is 4.79 Å². The second-order valence-corrected chi connectivity index (χ2v) is 5.23. The Labute approximate surface area is 120 Å². The highest BCUT2D eigenvalue weighted by molar-refractivity contribution is 5.92. The minimum Gasteiger partial charge on any atom is -0.349 e. The predicted molar refractivity (Wildman–Crippen MR) is 77.6 cm³/mol. The molecular weight excluding hydrogens is 264 g/mol. The number of nitrogens with zero attached hydrogens (tertiary/aromatic N) is 1. The molecule has 0 unspecified atom stereocenters. The second kappa shape index (κ2) is 6.39. The van der Waals surface area contributed by atoms with Crippen LogP contribution in [0.15, 0.2) is 6.07 Å². The van der Waals surface area contributed by atoms with E-state index in [1.54, 1.807) is 0 Å². The zero-order valence-electron chi connectivity index (χ0n) is 11.5. The van der Waals surface area contributed by atoms with Crippen molar-refractivity contribution in [2.45, 2.75) is 51.0 Å². The van der Waals surface area contributed by atoms with Crippen LogP contribution in [0, 0.1) is 0 Å². The van der Waals surface area contributed by atoms with Gasteiger partial charge in [-0.1, -0.05) is 13.8 Å². The molecule has 1 aliphatic rings. The third kappa shape index (κ3) is 3.94. The normalized spacial score (nSPS) is 14.9. The Bertz CT molecular complexity index is 424. The van der Waals surface area contributed by atoms with Gasteiger partial charge >= 0.3 is 0 Å². The number of rotatable bonds is 6. The Kier molecular flexibility index (Phi) is 5.38. The van der Waals surface area contributed by atoms with Crippen LogP contribution in [0.5, 0.6) is 0 Å². The van der Waals surface area contributed by atoms with Crippen molar-refractivity contribution in [2.75, 3.05) is 6.54 Å². The van der Waals surface area contributed by atoms with E-state index in [-0.39, 0.29) is 23.9 Å². The third-order valence-electron chi connectivity index (χ3n) is 3.86. The van der Waals surface area contributed by atoms with Crippen molar-refractivity contribution in [1.82, 2.24) is 15.5 Å². The highest BCUT2D eigenvalue weighted by Crippen LogP contribution is 2.38. The third-order valence-corrected chi connectivity index (χ3v) is 3.86. The molecule has 1 aromatic rings. The number of H-pyrrole nitrogens is 1. The number of nitrogens with one attached hydrogen (secondary N) is 2. The summed E-state index contributed by atoms with van der Waals surface area (Å²) in [6, 6.07) is 1.85. The van der Waals surface area contributed by atoms with E-state index in [0.717, 1.165) is 18.5 Å². The van der Waals surface area contributed by atoms with Crippen LogP contribution >= 0.6 is 12.4 Å². The Morgan fingerprint density at radius 3 is 2.68 bits per heavy atom. The van der Waals surface area contributed by atoms with E-state index in [4.69, 9.17) is 5.73 Å². The number of carbonyl (C=O) groups excluding carboxylic acids is 1. The first kappa shape index (κ1) is 16.0. The van der Waals surface area contributed by atoms with Crippen molar-refractivity contribution in [3.63, 3.8) is 0 Å². The first-order valence-corrected chi connectivity index (χ1v) is 6.70. The van der Waals surface area contributed by atoms with E-state index in [2.05, 4.69) is 15.5 Å². The number of nitrogens with two attached hydrogens (primary N) is 1. The number of amides is 1. The van der Waals surface area contributed by atoms with Crippen LogP contribution in [0.3, 0.4) is 0 Å². The molecule has 1 saturated carbocycles. The van der Waals surface area contributed by atoms with Crippen molar-refractivity contribution in [2.24, 2.45) is 5.73 Å². The Morgan fingerprint density at radius 2 is 2.16 bits per heavy atom. The number of hydrogen-bond acceptors (Lipinski definition) is 3. The quantitative estimate of drug-likeness (QED) is 0.747. The molecule has 0 spiro atoms. The molecule has 0 atom stereocenters. The van der Waals surface area contributed by atoms with E-state index < -0.39 is 0 Å². The molecule has 0 aliphatic heterocycles. The summed E-state index contributed by atoms with van der Waals surface area (Å²) in [6.07, 6.45) is 4.08. The minimum atomic E-state index is -0.314. The number of aromatic amines is 1. The van der Waals surface area contributed by atoms with Crippen LogP contribution in [-0.4, -0.2) is 28.2 Å². The Morgan fingerprint density at radius 1 is 1.53 bits per heavy atom. The van der Waals surface area contributed by atoms with Crippen LogP contribution in [0.1, 0.15) is 61.6 Å². The molecule has 5 nitrogen and oxygen atoms in total. The summed E-state index contributed by atoms with van der Waals surface area (Å²) in [5.74, 6) is 0.439. The molecule has 19 heavy (non-hydrogen) atoms. The van der Waals surface area contributed by atoms with Gasteiger partial charge in [0, 0.05) is 23.7 Å². The predicted octanol–water partition coefficient (Wildman–Crippen LogP) is 1.96. The van der Waals surface area contributed by atoms with Gasteiger partial charge in [-0.15, -0.1) is 12.4 Å². The fraction of sp³-hybridized carbons (Fsp3) is 0.692. The molecule has 0 aromatic carbocycles. The van der Waals surface area contributed by atoms with Gasteiger partial charge in [0.2, 0.25) is 0 Å². The summed E-state index contributed by atoms with van der Waals surface area (Å²) in [7, 11) is 0. The molecule has 1 aromatic heterocycles. The van der Waals surface area contributed by atoms with Gasteiger partial charge < -0.3 is 11.1 Å².